The van der Waals surface area contributed by atoms with E-state index < -0.39 is 39.4 Å². The number of aromatic hydroxyl groups is 2. The van der Waals surface area contributed by atoms with Crippen LogP contribution in [0.15, 0.2) is 30.4 Å². The summed E-state index contributed by atoms with van der Waals surface area (Å²) in [5.41, 5.74) is -0.0450. The summed E-state index contributed by atoms with van der Waals surface area (Å²) in [4.78, 5) is 24.0. The summed E-state index contributed by atoms with van der Waals surface area (Å²) in [6.45, 7) is -0.379. The predicted molar refractivity (Wildman–Crippen MR) is 98.8 cm³/mol. The molecule has 0 aromatic heterocycles. The van der Waals surface area contributed by atoms with E-state index in [1.165, 1.54) is 19.3 Å². The van der Waals surface area contributed by atoms with E-state index in [1.807, 2.05) is 0 Å². The highest BCUT2D eigenvalue weighted by atomic mass is 32.2. The van der Waals surface area contributed by atoms with E-state index >= 15 is 0 Å². The first-order chi connectivity index (χ1) is 13.1. The molecule has 1 aliphatic rings. The van der Waals surface area contributed by atoms with Crippen molar-refractivity contribution in [3.8, 4) is 17.2 Å². The first-order valence-electron chi connectivity index (χ1n) is 8.20. The normalized spacial score (nSPS) is 19.9. The Morgan fingerprint density at radius 1 is 1.25 bits per heavy atom. The Kier molecular flexibility index (Phi) is 6.95. The van der Waals surface area contributed by atoms with Crippen LogP contribution in [-0.4, -0.2) is 60.3 Å². The lowest BCUT2D eigenvalue weighted by atomic mass is 9.89. The van der Waals surface area contributed by atoms with E-state index in [-0.39, 0.29) is 35.9 Å². The van der Waals surface area contributed by atoms with Crippen molar-refractivity contribution in [3.05, 3.63) is 35.9 Å². The second-order valence-electron chi connectivity index (χ2n) is 6.06. The molecule has 10 heteroatoms. The number of hydrogen-bond acceptors (Lipinski definition) is 8. The molecule has 3 N–H and O–H groups in total. The largest absolute Gasteiger partial charge is 0.507 e. The van der Waals surface area contributed by atoms with Crippen LogP contribution in [-0.2, 0) is 24.4 Å². The van der Waals surface area contributed by atoms with Gasteiger partial charge in [-0.3, -0.25) is 14.1 Å². The molecule has 0 saturated carbocycles. The second kappa shape index (κ2) is 9.00. The van der Waals surface area contributed by atoms with Crippen molar-refractivity contribution in [2.45, 2.75) is 12.5 Å². The zero-order valence-corrected chi connectivity index (χ0v) is 15.8. The molecule has 152 valence electrons. The highest BCUT2D eigenvalue weighted by molar-refractivity contribution is 7.85. The number of rotatable bonds is 8. The molecule has 0 bridgehead atoms. The molecule has 2 unspecified atom stereocenters. The molecule has 0 fully saturated rings. The average Bonchev–Trinajstić information content (AvgIpc) is 2.59. The summed E-state index contributed by atoms with van der Waals surface area (Å²) in [5, 5.41) is 20.0. The predicted octanol–water partition coefficient (Wildman–Crippen LogP) is 1.11. The Hall–Kier alpha value is -2.69. The summed E-state index contributed by atoms with van der Waals surface area (Å²) in [7, 11) is -2.80. The number of hydrogen-bond donors (Lipinski definition) is 3. The molecule has 0 saturated heterocycles. The maximum Gasteiger partial charge on any atom is 0.268 e. The van der Waals surface area contributed by atoms with E-state index in [0.717, 1.165) is 18.2 Å². The van der Waals surface area contributed by atoms with Gasteiger partial charge >= 0.3 is 0 Å². The number of carbonyl (C=O) groups is 2. The Bertz CT molecular complexity index is 892. The summed E-state index contributed by atoms with van der Waals surface area (Å²) < 4.78 is 39.9. The fraction of sp³-hybridized carbons (Fsp3) is 0.333. The monoisotopic (exact) mass is 412 g/mol. The molecule has 0 heterocycles. The van der Waals surface area contributed by atoms with Gasteiger partial charge in [-0.1, -0.05) is 12.2 Å². The van der Waals surface area contributed by atoms with Gasteiger partial charge in [0.25, 0.3) is 10.1 Å². The van der Waals surface area contributed by atoms with Gasteiger partial charge in [-0.05, 0) is 12.2 Å². The number of phenolic OH excluding ortho intramolecular Hbond substituents is 2. The van der Waals surface area contributed by atoms with Gasteiger partial charge < -0.3 is 19.7 Å². The summed E-state index contributed by atoms with van der Waals surface area (Å²) >= 11 is 0. The quantitative estimate of drug-likeness (QED) is 0.324. The summed E-state index contributed by atoms with van der Waals surface area (Å²) in [5.74, 6) is -2.72. The molecule has 0 aliphatic heterocycles. The fourth-order valence-electron chi connectivity index (χ4n) is 2.55. The number of benzene rings is 1. The second-order valence-corrected chi connectivity index (χ2v) is 7.64. The van der Waals surface area contributed by atoms with Crippen molar-refractivity contribution in [2.75, 3.05) is 19.5 Å². The SMILES string of the molecule is COC1C=CC(C(=O)C=Cc2c(O)cc(OCCS(=O)(=O)O)cc2O)CC1=O. The molecule has 2 rings (SSSR count). The zero-order valence-electron chi connectivity index (χ0n) is 14.9. The highest BCUT2D eigenvalue weighted by Gasteiger charge is 2.26. The molecule has 1 aromatic carbocycles. The molecule has 9 nitrogen and oxygen atoms in total. The molecule has 0 spiro atoms. The lowest BCUT2D eigenvalue weighted by molar-refractivity contribution is -0.130. The number of Topliss-reactive ketones (excluding diaryl/α,β-unsaturated/α-hetero) is 1. The molecule has 1 aliphatic carbocycles. The topological polar surface area (TPSA) is 147 Å². The van der Waals surface area contributed by atoms with Crippen molar-refractivity contribution < 1.29 is 42.2 Å². The molecule has 0 amide bonds. The van der Waals surface area contributed by atoms with Crippen LogP contribution in [0.5, 0.6) is 17.2 Å². The number of ketones is 2. The van der Waals surface area contributed by atoms with Crippen LogP contribution in [0.3, 0.4) is 0 Å². The lowest BCUT2D eigenvalue weighted by Crippen LogP contribution is -2.29. The average molecular weight is 412 g/mol. The van der Waals surface area contributed by atoms with Crippen LogP contribution in [0, 0.1) is 5.92 Å². The molecular weight excluding hydrogens is 392 g/mol. The van der Waals surface area contributed by atoms with E-state index in [4.69, 9.17) is 14.0 Å². The number of ether oxygens (including phenoxy) is 2. The molecule has 2 atom stereocenters. The van der Waals surface area contributed by atoms with Crippen molar-refractivity contribution >= 4 is 27.8 Å². The standard InChI is InChI=1S/C18H20O9S/c1-26-18-5-2-11(8-17(18)22)14(19)4-3-13-15(20)9-12(10-16(13)21)27-6-7-28(23,24)25/h2-5,9-11,18,20-21H,6-8H2,1H3,(H,23,24,25). The number of allylic oxidation sites excluding steroid dienone is 2. The third kappa shape index (κ3) is 5.91. The molecular formula is C18H20O9S. The molecule has 0 radical (unpaired) electrons. The number of methoxy groups -OCH3 is 1. The maximum absolute atomic E-state index is 12.2. The van der Waals surface area contributed by atoms with Gasteiger partial charge in [0.2, 0.25) is 0 Å². The van der Waals surface area contributed by atoms with Crippen LogP contribution in [0.25, 0.3) is 6.08 Å². The van der Waals surface area contributed by atoms with Crippen LogP contribution in [0.4, 0.5) is 0 Å². The summed E-state index contributed by atoms with van der Waals surface area (Å²) in [6.07, 6.45) is 4.77. The lowest BCUT2D eigenvalue weighted by Gasteiger charge is -2.18. The first-order valence-corrected chi connectivity index (χ1v) is 9.81. The Morgan fingerprint density at radius 3 is 2.43 bits per heavy atom. The van der Waals surface area contributed by atoms with Crippen LogP contribution in [0.2, 0.25) is 0 Å². The van der Waals surface area contributed by atoms with E-state index in [0.29, 0.717) is 0 Å². The van der Waals surface area contributed by atoms with Gasteiger partial charge in [0.05, 0.1) is 5.56 Å². The highest BCUT2D eigenvalue weighted by Crippen LogP contribution is 2.34. The van der Waals surface area contributed by atoms with Crippen LogP contribution >= 0.6 is 0 Å². The Balaban J connectivity index is 2.07. The van der Waals surface area contributed by atoms with Gasteiger partial charge in [-0.15, -0.1) is 0 Å². The van der Waals surface area contributed by atoms with Gasteiger partial charge in [-0.25, -0.2) is 0 Å². The first kappa shape index (κ1) is 21.6. The minimum Gasteiger partial charge on any atom is -0.507 e. The van der Waals surface area contributed by atoms with Gasteiger partial charge in [0.1, 0.15) is 35.7 Å². The Labute approximate surface area is 161 Å². The van der Waals surface area contributed by atoms with E-state index in [1.54, 1.807) is 6.08 Å². The fourth-order valence-corrected chi connectivity index (χ4v) is 2.85. The Morgan fingerprint density at radius 2 is 1.89 bits per heavy atom. The molecule has 1 aromatic rings. The molecule has 28 heavy (non-hydrogen) atoms. The van der Waals surface area contributed by atoms with Gasteiger partial charge in [-0.2, -0.15) is 8.42 Å². The van der Waals surface area contributed by atoms with E-state index in [2.05, 4.69) is 0 Å². The van der Waals surface area contributed by atoms with Gasteiger partial charge in [0, 0.05) is 31.6 Å². The summed E-state index contributed by atoms with van der Waals surface area (Å²) in [6, 6.07) is 2.25. The number of phenols is 2. The number of carbonyl (C=O) groups excluding carboxylic acids is 2. The zero-order chi connectivity index (χ0) is 20.9. The van der Waals surface area contributed by atoms with Crippen molar-refractivity contribution in [1.82, 2.24) is 0 Å². The van der Waals surface area contributed by atoms with Crippen LogP contribution < -0.4 is 4.74 Å². The third-order valence-electron chi connectivity index (χ3n) is 4.01. The smallest absolute Gasteiger partial charge is 0.268 e. The van der Waals surface area contributed by atoms with Crippen molar-refractivity contribution in [3.63, 3.8) is 0 Å². The minimum atomic E-state index is -4.20. The minimum absolute atomic E-state index is 0.00329. The third-order valence-corrected chi connectivity index (χ3v) is 4.69. The van der Waals surface area contributed by atoms with E-state index in [9.17, 15) is 28.2 Å². The van der Waals surface area contributed by atoms with Crippen molar-refractivity contribution in [1.29, 1.82) is 0 Å². The maximum atomic E-state index is 12.2. The van der Waals surface area contributed by atoms with Crippen LogP contribution in [0.1, 0.15) is 12.0 Å². The van der Waals surface area contributed by atoms with Gasteiger partial charge in [0.15, 0.2) is 11.6 Å². The van der Waals surface area contributed by atoms with Crippen molar-refractivity contribution in [2.24, 2.45) is 5.92 Å².